The number of nitrogens with zero attached hydrogens (tertiary/aromatic N) is 2. The predicted octanol–water partition coefficient (Wildman–Crippen LogP) is -1.51. The smallest absolute Gasteiger partial charge is 0.325 e. The number of urea groups is 1. The molecule has 0 aromatic heterocycles. The molecule has 2 atom stereocenters. The average Bonchev–Trinajstić information content (AvgIpc) is 2.48. The number of hydrogen-bond acceptors (Lipinski definition) is 4. The Morgan fingerprint density at radius 1 is 1.58 bits per heavy atom. The Hall–Kier alpha value is -1.59. The fourth-order valence-corrected chi connectivity index (χ4v) is 1.30. The van der Waals surface area contributed by atoms with Crippen molar-refractivity contribution in [2.45, 2.75) is 12.2 Å². The van der Waals surface area contributed by atoms with Gasteiger partial charge in [-0.3, -0.25) is 10.1 Å². The summed E-state index contributed by atoms with van der Waals surface area (Å²) in [5.74, 6) is -0.319. The highest BCUT2D eigenvalue weighted by molar-refractivity contribution is 6.01. The van der Waals surface area contributed by atoms with Crippen LogP contribution in [0.3, 0.4) is 0 Å². The summed E-state index contributed by atoms with van der Waals surface area (Å²) in [7, 11) is 1.60. The number of carbonyl (C=O) groups is 2. The average molecular weight is 168 g/mol. The van der Waals surface area contributed by atoms with E-state index in [0.717, 1.165) is 0 Å². The van der Waals surface area contributed by atoms with Gasteiger partial charge < -0.3 is 10.2 Å². The van der Waals surface area contributed by atoms with Crippen LogP contribution < -0.4 is 10.6 Å². The van der Waals surface area contributed by atoms with Crippen LogP contribution in [0.25, 0.3) is 0 Å². The van der Waals surface area contributed by atoms with Gasteiger partial charge in [0.15, 0.2) is 6.17 Å². The lowest BCUT2D eigenvalue weighted by Crippen LogP contribution is -2.62. The second kappa shape index (κ2) is 2.20. The molecular weight excluding hydrogens is 160 g/mol. The number of nitrogens with one attached hydrogen (secondary N) is 2. The topological polar surface area (TPSA) is 73.8 Å². The van der Waals surface area contributed by atoms with Gasteiger partial charge in [-0.15, -0.1) is 0 Å². The monoisotopic (exact) mass is 168 g/mol. The molecule has 2 heterocycles. The summed E-state index contributed by atoms with van der Waals surface area (Å²) in [4.78, 5) is 27.5. The van der Waals surface area contributed by atoms with E-state index in [1.807, 2.05) is 0 Å². The summed E-state index contributed by atoms with van der Waals surface area (Å²) in [6, 6.07) is -0.824. The summed E-state index contributed by atoms with van der Waals surface area (Å²) < 4.78 is 0. The van der Waals surface area contributed by atoms with Crippen molar-refractivity contribution >= 4 is 18.3 Å². The first kappa shape index (κ1) is 7.08. The van der Waals surface area contributed by atoms with Crippen LogP contribution >= 0.6 is 0 Å². The molecule has 2 aliphatic heterocycles. The van der Waals surface area contributed by atoms with E-state index < -0.39 is 12.1 Å². The van der Waals surface area contributed by atoms with E-state index in [-0.39, 0.29) is 12.1 Å². The maximum Gasteiger partial charge on any atom is 0.325 e. The molecule has 0 bridgehead atoms. The minimum Gasteiger partial charge on any atom is -0.362 e. The first-order chi connectivity index (χ1) is 5.70. The molecular formula is C6H8N4O2. The first-order valence-electron chi connectivity index (χ1n) is 3.55. The largest absolute Gasteiger partial charge is 0.362 e. The molecule has 6 nitrogen and oxygen atoms in total. The van der Waals surface area contributed by atoms with Crippen molar-refractivity contribution in [3.05, 3.63) is 0 Å². The quantitative estimate of drug-likeness (QED) is 0.462. The zero-order valence-electron chi connectivity index (χ0n) is 6.44. The van der Waals surface area contributed by atoms with Gasteiger partial charge in [-0.05, 0) is 0 Å². The van der Waals surface area contributed by atoms with E-state index >= 15 is 0 Å². The molecule has 0 aromatic rings. The lowest BCUT2D eigenvalue weighted by Gasteiger charge is -2.31. The number of imide groups is 1. The molecule has 1 saturated heterocycles. The molecule has 6 heteroatoms. The number of likely N-dealkylation sites (N-methyl/N-ethyl adjacent to an activating group) is 1. The van der Waals surface area contributed by atoms with E-state index in [2.05, 4.69) is 15.6 Å². The Morgan fingerprint density at radius 3 is 3.08 bits per heavy atom. The van der Waals surface area contributed by atoms with Crippen molar-refractivity contribution in [2.75, 3.05) is 7.05 Å². The zero-order chi connectivity index (χ0) is 8.72. The molecule has 0 radical (unpaired) electrons. The second-order valence-electron chi connectivity index (χ2n) is 2.74. The summed E-state index contributed by atoms with van der Waals surface area (Å²) in [6.45, 7) is 0. The van der Waals surface area contributed by atoms with Gasteiger partial charge in [0.05, 0.1) is 6.34 Å². The third-order valence-electron chi connectivity index (χ3n) is 2.01. The van der Waals surface area contributed by atoms with Crippen LogP contribution in [0.4, 0.5) is 4.79 Å². The fraction of sp³-hybridized carbons (Fsp3) is 0.500. The van der Waals surface area contributed by atoms with Crippen molar-refractivity contribution in [3.8, 4) is 0 Å². The SMILES string of the molecule is CN1C(=O)NC(=O)C2NC=NC21. The highest BCUT2D eigenvalue weighted by Crippen LogP contribution is 2.12. The molecule has 2 aliphatic rings. The number of aliphatic imine (C=N–C) groups is 1. The Morgan fingerprint density at radius 2 is 2.33 bits per heavy atom. The van der Waals surface area contributed by atoms with E-state index in [1.165, 1.54) is 11.2 Å². The number of rotatable bonds is 0. The van der Waals surface area contributed by atoms with Crippen molar-refractivity contribution < 1.29 is 9.59 Å². The first-order valence-corrected chi connectivity index (χ1v) is 3.55. The molecule has 0 aliphatic carbocycles. The second-order valence-corrected chi connectivity index (χ2v) is 2.74. The highest BCUT2D eigenvalue weighted by atomic mass is 16.2. The van der Waals surface area contributed by atoms with Crippen LogP contribution in [-0.4, -0.2) is 42.4 Å². The third kappa shape index (κ3) is 0.775. The van der Waals surface area contributed by atoms with Crippen LogP contribution in [0.1, 0.15) is 0 Å². The van der Waals surface area contributed by atoms with Gasteiger partial charge in [-0.25, -0.2) is 9.79 Å². The molecule has 0 saturated carbocycles. The lowest BCUT2D eigenvalue weighted by atomic mass is 10.2. The van der Waals surface area contributed by atoms with Gasteiger partial charge in [-0.1, -0.05) is 0 Å². The minimum absolute atomic E-state index is 0.319. The molecule has 0 aromatic carbocycles. The van der Waals surface area contributed by atoms with Crippen LogP contribution in [0, 0.1) is 0 Å². The molecule has 12 heavy (non-hydrogen) atoms. The van der Waals surface area contributed by atoms with E-state index in [9.17, 15) is 9.59 Å². The molecule has 64 valence electrons. The van der Waals surface area contributed by atoms with Gasteiger partial charge in [0, 0.05) is 7.05 Å². The van der Waals surface area contributed by atoms with Crippen LogP contribution in [0.5, 0.6) is 0 Å². The Bertz CT molecular complexity index is 275. The van der Waals surface area contributed by atoms with E-state index in [1.54, 1.807) is 7.05 Å². The van der Waals surface area contributed by atoms with Crippen molar-refractivity contribution in [3.63, 3.8) is 0 Å². The van der Waals surface area contributed by atoms with Gasteiger partial charge in [0.2, 0.25) is 0 Å². The zero-order valence-corrected chi connectivity index (χ0v) is 6.44. The number of fused-ring (bicyclic) bond motifs is 1. The van der Waals surface area contributed by atoms with Crippen LogP contribution in [-0.2, 0) is 4.79 Å². The number of hydrogen-bond donors (Lipinski definition) is 2. The van der Waals surface area contributed by atoms with Crippen LogP contribution in [0.2, 0.25) is 0 Å². The molecule has 1 fully saturated rings. The minimum atomic E-state index is -0.423. The molecule has 0 spiro atoms. The Balaban J connectivity index is 2.27. The molecule has 2 unspecified atom stereocenters. The maximum atomic E-state index is 11.1. The van der Waals surface area contributed by atoms with E-state index in [4.69, 9.17) is 0 Å². The van der Waals surface area contributed by atoms with Crippen molar-refractivity contribution in [2.24, 2.45) is 4.99 Å². The predicted molar refractivity (Wildman–Crippen MR) is 40.5 cm³/mol. The Labute approximate surface area is 68.6 Å². The summed E-state index contributed by atoms with van der Waals surface area (Å²) >= 11 is 0. The third-order valence-corrected chi connectivity index (χ3v) is 2.01. The fourth-order valence-electron chi connectivity index (χ4n) is 1.30. The summed E-state index contributed by atoms with van der Waals surface area (Å²) in [5.41, 5.74) is 0. The standard InChI is InChI=1S/C6H8N4O2/c1-10-4-3(7-2-8-4)5(11)9-6(10)12/h2-4H,1H3,(H,7,8)(H,9,11,12). The van der Waals surface area contributed by atoms with Gasteiger partial charge in [0.1, 0.15) is 6.04 Å². The summed E-state index contributed by atoms with van der Waals surface area (Å²) in [6.07, 6.45) is 1.07. The van der Waals surface area contributed by atoms with Gasteiger partial charge >= 0.3 is 6.03 Å². The normalized spacial score (nSPS) is 32.9. The highest BCUT2D eigenvalue weighted by Gasteiger charge is 2.41. The van der Waals surface area contributed by atoms with Crippen molar-refractivity contribution in [1.29, 1.82) is 0 Å². The summed E-state index contributed by atoms with van der Waals surface area (Å²) in [5, 5.41) is 4.97. The van der Waals surface area contributed by atoms with Gasteiger partial charge in [-0.2, -0.15) is 0 Å². The lowest BCUT2D eigenvalue weighted by molar-refractivity contribution is -0.124. The van der Waals surface area contributed by atoms with Crippen LogP contribution in [0.15, 0.2) is 4.99 Å². The number of amides is 3. The molecule has 2 rings (SSSR count). The Kier molecular flexibility index (Phi) is 1.30. The number of carbonyl (C=O) groups excluding carboxylic acids is 2. The van der Waals surface area contributed by atoms with E-state index in [0.29, 0.717) is 0 Å². The van der Waals surface area contributed by atoms with Gasteiger partial charge in [0.25, 0.3) is 5.91 Å². The maximum absolute atomic E-state index is 11.1. The molecule has 2 N–H and O–H groups in total. The molecule has 3 amide bonds. The van der Waals surface area contributed by atoms with Crippen molar-refractivity contribution in [1.82, 2.24) is 15.5 Å².